The summed E-state index contributed by atoms with van der Waals surface area (Å²) in [6.07, 6.45) is -4.39. The molecule has 0 aliphatic carbocycles. The van der Waals surface area contributed by atoms with Crippen molar-refractivity contribution in [3.8, 4) is 5.75 Å². The van der Waals surface area contributed by atoms with Crippen molar-refractivity contribution in [3.63, 3.8) is 0 Å². The first-order valence-electron chi connectivity index (χ1n) is 5.16. The highest BCUT2D eigenvalue weighted by Crippen LogP contribution is 2.22. The number of methoxy groups -OCH3 is 1. The van der Waals surface area contributed by atoms with Crippen molar-refractivity contribution in [2.45, 2.75) is 12.8 Å². The van der Waals surface area contributed by atoms with Gasteiger partial charge in [0, 0.05) is 11.1 Å². The lowest BCUT2D eigenvalue weighted by Gasteiger charge is -2.12. The Morgan fingerprint density at radius 1 is 1.42 bits per heavy atom. The van der Waals surface area contributed by atoms with Gasteiger partial charge >= 0.3 is 6.18 Å². The van der Waals surface area contributed by atoms with Crippen LogP contribution in [0.15, 0.2) is 23.4 Å². The first kappa shape index (κ1) is 15.1. The lowest BCUT2D eigenvalue weighted by molar-refractivity contribution is -0.176. The van der Waals surface area contributed by atoms with Crippen LogP contribution in [0.2, 0.25) is 0 Å². The molecule has 0 aliphatic heterocycles. The maximum atomic E-state index is 12.0. The number of alkyl halides is 3. The van der Waals surface area contributed by atoms with E-state index in [-0.39, 0.29) is 12.4 Å². The van der Waals surface area contributed by atoms with Gasteiger partial charge in [0.1, 0.15) is 12.4 Å². The number of rotatable bonds is 5. The molecule has 0 unspecified atom stereocenters. The Hall–Kier alpha value is -1.96. The quantitative estimate of drug-likeness (QED) is 0.373. The Kier molecular flexibility index (Phi) is 4.99. The topological polar surface area (TPSA) is 77.1 Å². The molecule has 0 saturated heterocycles. The first-order valence-corrected chi connectivity index (χ1v) is 5.16. The summed E-state index contributed by atoms with van der Waals surface area (Å²) >= 11 is 0. The molecule has 0 aromatic heterocycles. The molecule has 0 aliphatic rings. The molecule has 106 valence electrons. The predicted octanol–water partition coefficient (Wildman–Crippen LogP) is 1.87. The molecule has 1 aromatic carbocycles. The van der Waals surface area contributed by atoms with Crippen molar-refractivity contribution in [2.24, 2.45) is 10.9 Å². The number of amidine groups is 1. The molecule has 8 heteroatoms. The molecule has 0 amide bonds. The number of benzene rings is 1. The van der Waals surface area contributed by atoms with Crippen molar-refractivity contribution in [1.29, 1.82) is 0 Å². The number of oxime groups is 1. The largest absolute Gasteiger partial charge is 0.496 e. The number of halogens is 3. The van der Waals surface area contributed by atoms with Crippen molar-refractivity contribution < 1.29 is 27.9 Å². The summed E-state index contributed by atoms with van der Waals surface area (Å²) < 4.78 is 45.5. The third-order valence-electron chi connectivity index (χ3n) is 2.21. The molecule has 0 atom stereocenters. The second kappa shape index (κ2) is 6.28. The third kappa shape index (κ3) is 4.66. The average Bonchev–Trinajstić information content (AvgIpc) is 2.36. The van der Waals surface area contributed by atoms with Gasteiger partial charge in [0.25, 0.3) is 0 Å². The van der Waals surface area contributed by atoms with Crippen molar-refractivity contribution in [3.05, 3.63) is 29.3 Å². The number of ether oxygens (including phenoxy) is 2. The van der Waals surface area contributed by atoms with Crippen LogP contribution in [-0.2, 0) is 11.3 Å². The molecule has 1 rings (SSSR count). The smallest absolute Gasteiger partial charge is 0.411 e. The highest BCUT2D eigenvalue weighted by Gasteiger charge is 2.27. The standard InChI is InChI=1S/C11H13F3N2O3/c1-18-9-3-2-7(10(15)16-17)4-8(9)5-19-6-11(12,13)14/h2-4,17H,5-6H2,1H3,(H2,15,16). The van der Waals surface area contributed by atoms with E-state index in [2.05, 4.69) is 9.89 Å². The van der Waals surface area contributed by atoms with Crippen molar-refractivity contribution >= 4 is 5.84 Å². The van der Waals surface area contributed by atoms with E-state index in [1.54, 1.807) is 0 Å². The van der Waals surface area contributed by atoms with E-state index in [0.29, 0.717) is 16.9 Å². The molecule has 0 spiro atoms. The molecular formula is C11H13F3N2O3. The third-order valence-corrected chi connectivity index (χ3v) is 2.21. The average molecular weight is 278 g/mol. The second-order valence-electron chi connectivity index (χ2n) is 3.62. The van der Waals surface area contributed by atoms with Gasteiger partial charge in [-0.2, -0.15) is 13.2 Å². The molecule has 3 N–H and O–H groups in total. The van der Waals surface area contributed by atoms with Crippen LogP contribution < -0.4 is 10.5 Å². The zero-order valence-electron chi connectivity index (χ0n) is 10.1. The molecule has 0 heterocycles. The zero-order valence-corrected chi connectivity index (χ0v) is 10.1. The van der Waals surface area contributed by atoms with Crippen LogP contribution in [0.1, 0.15) is 11.1 Å². The lowest BCUT2D eigenvalue weighted by atomic mass is 10.1. The normalized spacial score (nSPS) is 12.5. The molecule has 19 heavy (non-hydrogen) atoms. The molecule has 1 aromatic rings. The van der Waals surface area contributed by atoms with Gasteiger partial charge in [-0.25, -0.2) is 0 Å². The maximum Gasteiger partial charge on any atom is 0.411 e. The predicted molar refractivity (Wildman–Crippen MR) is 61.2 cm³/mol. The number of hydrogen-bond acceptors (Lipinski definition) is 4. The van der Waals surface area contributed by atoms with Crippen LogP contribution in [0.3, 0.4) is 0 Å². The minimum atomic E-state index is -4.39. The summed E-state index contributed by atoms with van der Waals surface area (Å²) in [6, 6.07) is 4.45. The van der Waals surface area contributed by atoms with Gasteiger partial charge in [-0.1, -0.05) is 5.16 Å². The number of nitrogens with two attached hydrogens (primary N) is 1. The van der Waals surface area contributed by atoms with Gasteiger partial charge in [-0.15, -0.1) is 0 Å². The van der Waals surface area contributed by atoms with Gasteiger partial charge in [0.15, 0.2) is 5.84 Å². The van der Waals surface area contributed by atoms with E-state index < -0.39 is 12.8 Å². The van der Waals surface area contributed by atoms with E-state index in [1.807, 2.05) is 0 Å². The summed E-state index contributed by atoms with van der Waals surface area (Å²) in [5.74, 6) is 0.205. The minimum absolute atomic E-state index is 0.153. The highest BCUT2D eigenvalue weighted by atomic mass is 19.4. The lowest BCUT2D eigenvalue weighted by Crippen LogP contribution is -2.17. The molecule has 0 fully saturated rings. The summed E-state index contributed by atoms with van der Waals surface area (Å²) in [6.45, 7) is -1.65. The SMILES string of the molecule is COc1ccc(/C(N)=N/O)cc1COCC(F)(F)F. The molecule has 0 bridgehead atoms. The van der Waals surface area contributed by atoms with Crippen molar-refractivity contribution in [2.75, 3.05) is 13.7 Å². The maximum absolute atomic E-state index is 12.0. The summed E-state index contributed by atoms with van der Waals surface area (Å²) in [5, 5.41) is 11.3. The van der Waals surface area contributed by atoms with Gasteiger partial charge in [-0.05, 0) is 18.2 Å². The Bertz CT molecular complexity index is 461. The van der Waals surface area contributed by atoms with Crippen LogP contribution in [-0.4, -0.2) is 30.9 Å². The monoisotopic (exact) mass is 278 g/mol. The van der Waals surface area contributed by atoms with E-state index in [9.17, 15) is 13.2 Å². The Labute approximate surface area is 107 Å². The van der Waals surface area contributed by atoms with Crippen LogP contribution in [0.25, 0.3) is 0 Å². The van der Waals surface area contributed by atoms with Gasteiger partial charge < -0.3 is 20.4 Å². The fourth-order valence-corrected chi connectivity index (χ4v) is 1.39. The van der Waals surface area contributed by atoms with Crippen LogP contribution in [0.5, 0.6) is 5.75 Å². The fraction of sp³-hybridized carbons (Fsp3) is 0.364. The van der Waals surface area contributed by atoms with E-state index >= 15 is 0 Å². The van der Waals surface area contributed by atoms with E-state index in [4.69, 9.17) is 15.7 Å². The summed E-state index contributed by atoms with van der Waals surface area (Å²) in [7, 11) is 1.38. The van der Waals surface area contributed by atoms with Crippen LogP contribution in [0.4, 0.5) is 13.2 Å². The highest BCUT2D eigenvalue weighted by molar-refractivity contribution is 5.97. The second-order valence-corrected chi connectivity index (χ2v) is 3.62. The Morgan fingerprint density at radius 3 is 2.63 bits per heavy atom. The fourth-order valence-electron chi connectivity index (χ4n) is 1.39. The van der Waals surface area contributed by atoms with Gasteiger partial charge in [-0.3, -0.25) is 0 Å². The molecular weight excluding hydrogens is 265 g/mol. The zero-order chi connectivity index (χ0) is 14.5. The van der Waals surface area contributed by atoms with Gasteiger partial charge in [0.05, 0.1) is 13.7 Å². The van der Waals surface area contributed by atoms with E-state index in [1.165, 1.54) is 25.3 Å². The molecule has 5 nitrogen and oxygen atoms in total. The number of nitrogens with zero attached hydrogens (tertiary/aromatic N) is 1. The summed E-state index contributed by atoms with van der Waals surface area (Å²) in [4.78, 5) is 0. The van der Waals surface area contributed by atoms with E-state index in [0.717, 1.165) is 0 Å². The Balaban J connectivity index is 2.85. The van der Waals surface area contributed by atoms with Crippen LogP contribution >= 0.6 is 0 Å². The van der Waals surface area contributed by atoms with Crippen molar-refractivity contribution in [1.82, 2.24) is 0 Å². The van der Waals surface area contributed by atoms with Crippen LogP contribution in [0, 0.1) is 0 Å². The molecule has 0 radical (unpaired) electrons. The number of hydrogen-bond donors (Lipinski definition) is 2. The Morgan fingerprint density at radius 2 is 2.11 bits per heavy atom. The minimum Gasteiger partial charge on any atom is -0.496 e. The van der Waals surface area contributed by atoms with Gasteiger partial charge in [0.2, 0.25) is 0 Å². The molecule has 0 saturated carbocycles. The first-order chi connectivity index (χ1) is 8.87. The summed E-state index contributed by atoms with van der Waals surface area (Å²) in [5.41, 5.74) is 6.12.